The quantitative estimate of drug-likeness (QED) is 0.902. The van der Waals surface area contributed by atoms with Crippen LogP contribution in [0.15, 0.2) is 34.9 Å². The van der Waals surface area contributed by atoms with Crippen molar-refractivity contribution in [3.8, 4) is 5.75 Å². The highest BCUT2D eigenvalue weighted by Gasteiger charge is 2.06. The first-order valence-corrected chi connectivity index (χ1v) is 5.25. The first-order valence-electron chi connectivity index (χ1n) is 5.25. The van der Waals surface area contributed by atoms with Gasteiger partial charge < -0.3 is 14.6 Å². The van der Waals surface area contributed by atoms with Crippen molar-refractivity contribution in [2.45, 2.75) is 6.92 Å². The molecule has 0 unspecified atom stereocenters. The number of nitrogens with zero attached hydrogens (tertiary/aromatic N) is 1. The van der Waals surface area contributed by atoms with Crippen molar-refractivity contribution in [2.24, 2.45) is 0 Å². The third kappa shape index (κ3) is 3.31. The summed E-state index contributed by atoms with van der Waals surface area (Å²) < 4.78 is 22.6. The standard InChI is InChI=1S/C12H11FN2O3/c1-8-6-11(15-18-8)14-12(16)7-17-10-4-2-9(13)3-5-10/h2-6H,7H2,1H3,(H,14,15,16). The van der Waals surface area contributed by atoms with E-state index < -0.39 is 0 Å². The second-order valence-corrected chi connectivity index (χ2v) is 3.61. The molecule has 0 aliphatic heterocycles. The molecule has 2 aromatic rings. The maximum Gasteiger partial charge on any atom is 0.263 e. The maximum atomic E-state index is 12.6. The lowest BCUT2D eigenvalue weighted by atomic mass is 10.3. The molecule has 0 fully saturated rings. The van der Waals surface area contributed by atoms with E-state index in [9.17, 15) is 9.18 Å². The zero-order valence-corrected chi connectivity index (χ0v) is 9.64. The number of anilines is 1. The summed E-state index contributed by atoms with van der Waals surface area (Å²) in [6.07, 6.45) is 0. The van der Waals surface area contributed by atoms with Crippen molar-refractivity contribution in [3.05, 3.63) is 41.9 Å². The van der Waals surface area contributed by atoms with Crippen LogP contribution < -0.4 is 10.1 Å². The zero-order valence-electron chi connectivity index (χ0n) is 9.64. The molecule has 1 aromatic carbocycles. The molecule has 0 spiro atoms. The first-order chi connectivity index (χ1) is 8.63. The summed E-state index contributed by atoms with van der Waals surface area (Å²) in [5, 5.41) is 6.11. The van der Waals surface area contributed by atoms with E-state index in [2.05, 4.69) is 10.5 Å². The largest absolute Gasteiger partial charge is 0.484 e. The highest BCUT2D eigenvalue weighted by atomic mass is 19.1. The molecule has 18 heavy (non-hydrogen) atoms. The second-order valence-electron chi connectivity index (χ2n) is 3.61. The van der Waals surface area contributed by atoms with Gasteiger partial charge in [0.15, 0.2) is 12.4 Å². The minimum Gasteiger partial charge on any atom is -0.484 e. The van der Waals surface area contributed by atoms with Crippen LogP contribution in [0, 0.1) is 12.7 Å². The van der Waals surface area contributed by atoms with E-state index in [1.165, 1.54) is 24.3 Å². The van der Waals surface area contributed by atoms with Gasteiger partial charge in [-0.2, -0.15) is 0 Å². The number of carbonyl (C=O) groups excluding carboxylic acids is 1. The number of aryl methyl sites for hydroxylation is 1. The average molecular weight is 250 g/mol. The van der Waals surface area contributed by atoms with E-state index in [1.807, 2.05) is 0 Å². The van der Waals surface area contributed by atoms with Crippen LogP contribution in [0.5, 0.6) is 5.75 Å². The molecule has 0 bridgehead atoms. The van der Waals surface area contributed by atoms with Crippen molar-refractivity contribution in [1.29, 1.82) is 0 Å². The van der Waals surface area contributed by atoms with Gasteiger partial charge in [-0.1, -0.05) is 5.16 Å². The predicted octanol–water partition coefficient (Wildman–Crippen LogP) is 2.14. The van der Waals surface area contributed by atoms with Crippen molar-refractivity contribution < 1.29 is 18.4 Å². The van der Waals surface area contributed by atoms with Crippen LogP contribution in [0.25, 0.3) is 0 Å². The topological polar surface area (TPSA) is 64.4 Å². The van der Waals surface area contributed by atoms with Gasteiger partial charge in [0.05, 0.1) is 0 Å². The molecule has 1 amide bonds. The van der Waals surface area contributed by atoms with Gasteiger partial charge in [0, 0.05) is 6.07 Å². The predicted molar refractivity (Wildman–Crippen MR) is 61.8 cm³/mol. The Morgan fingerprint density at radius 3 is 2.78 bits per heavy atom. The Morgan fingerprint density at radius 2 is 2.17 bits per heavy atom. The summed E-state index contributed by atoms with van der Waals surface area (Å²) in [6, 6.07) is 7.00. The fourth-order valence-corrected chi connectivity index (χ4v) is 1.28. The minimum absolute atomic E-state index is 0.183. The van der Waals surface area contributed by atoms with Crippen molar-refractivity contribution in [3.63, 3.8) is 0 Å². The number of carbonyl (C=O) groups is 1. The van der Waals surface area contributed by atoms with Crippen LogP contribution in [0.1, 0.15) is 5.76 Å². The van der Waals surface area contributed by atoms with Crippen LogP contribution in [0.4, 0.5) is 10.2 Å². The number of ether oxygens (including phenoxy) is 1. The molecule has 1 aromatic heterocycles. The van der Waals surface area contributed by atoms with Gasteiger partial charge >= 0.3 is 0 Å². The Morgan fingerprint density at radius 1 is 1.44 bits per heavy atom. The summed E-state index contributed by atoms with van der Waals surface area (Å²) in [5.41, 5.74) is 0. The molecule has 94 valence electrons. The Kier molecular flexibility index (Phi) is 3.57. The van der Waals surface area contributed by atoms with E-state index in [-0.39, 0.29) is 18.3 Å². The van der Waals surface area contributed by atoms with Crippen LogP contribution in [0.3, 0.4) is 0 Å². The fourth-order valence-electron chi connectivity index (χ4n) is 1.28. The SMILES string of the molecule is Cc1cc(NC(=O)COc2ccc(F)cc2)no1. The summed E-state index contributed by atoms with van der Waals surface area (Å²) >= 11 is 0. The summed E-state index contributed by atoms with van der Waals surface area (Å²) in [5.74, 6) is 0.630. The molecule has 1 N–H and O–H groups in total. The van der Waals surface area contributed by atoms with Gasteiger partial charge in [-0.05, 0) is 31.2 Å². The van der Waals surface area contributed by atoms with Crippen molar-refractivity contribution in [1.82, 2.24) is 5.16 Å². The Hall–Kier alpha value is -2.37. The van der Waals surface area contributed by atoms with Gasteiger partial charge in [0.1, 0.15) is 17.3 Å². The summed E-state index contributed by atoms with van der Waals surface area (Å²) in [7, 11) is 0. The second kappa shape index (κ2) is 5.31. The number of hydrogen-bond acceptors (Lipinski definition) is 4. The Bertz CT molecular complexity index is 537. The van der Waals surface area contributed by atoms with Crippen molar-refractivity contribution in [2.75, 3.05) is 11.9 Å². The number of rotatable bonds is 4. The molecular weight excluding hydrogens is 239 g/mol. The lowest BCUT2D eigenvalue weighted by Crippen LogP contribution is -2.20. The summed E-state index contributed by atoms with van der Waals surface area (Å²) in [4.78, 5) is 11.5. The van der Waals surface area contributed by atoms with Crippen molar-refractivity contribution >= 4 is 11.7 Å². The zero-order chi connectivity index (χ0) is 13.0. The Balaban J connectivity index is 1.83. The maximum absolute atomic E-state index is 12.6. The normalized spacial score (nSPS) is 10.1. The van der Waals surface area contributed by atoms with Crippen LogP contribution in [0.2, 0.25) is 0 Å². The minimum atomic E-state index is -0.368. The third-order valence-electron chi connectivity index (χ3n) is 2.08. The average Bonchev–Trinajstić information content (AvgIpc) is 2.74. The van der Waals surface area contributed by atoms with E-state index in [1.54, 1.807) is 13.0 Å². The van der Waals surface area contributed by atoms with Gasteiger partial charge in [-0.3, -0.25) is 4.79 Å². The van der Waals surface area contributed by atoms with E-state index in [4.69, 9.17) is 9.26 Å². The smallest absolute Gasteiger partial charge is 0.263 e. The number of amides is 1. The molecule has 0 aliphatic carbocycles. The molecule has 1 heterocycles. The monoisotopic (exact) mass is 250 g/mol. The van der Waals surface area contributed by atoms with Gasteiger partial charge in [-0.15, -0.1) is 0 Å². The molecule has 5 nitrogen and oxygen atoms in total. The number of aromatic nitrogens is 1. The lowest BCUT2D eigenvalue weighted by molar-refractivity contribution is -0.118. The van der Waals surface area contributed by atoms with Crippen LogP contribution >= 0.6 is 0 Å². The highest BCUT2D eigenvalue weighted by molar-refractivity contribution is 5.90. The molecule has 0 saturated heterocycles. The molecule has 0 aliphatic rings. The third-order valence-corrected chi connectivity index (χ3v) is 2.08. The number of halogens is 1. The molecule has 0 radical (unpaired) electrons. The van der Waals surface area contributed by atoms with Gasteiger partial charge in [0.2, 0.25) is 0 Å². The summed E-state index contributed by atoms with van der Waals surface area (Å²) in [6.45, 7) is 1.54. The first kappa shape index (κ1) is 12.1. The molecule has 0 saturated carbocycles. The highest BCUT2D eigenvalue weighted by Crippen LogP contribution is 2.11. The van der Waals surface area contributed by atoms with Gasteiger partial charge in [-0.25, -0.2) is 4.39 Å². The molecule has 2 rings (SSSR count). The van der Waals surface area contributed by atoms with Crippen LogP contribution in [-0.4, -0.2) is 17.7 Å². The lowest BCUT2D eigenvalue weighted by Gasteiger charge is -2.05. The molecular formula is C12H11FN2O3. The molecule has 0 atom stereocenters. The number of benzene rings is 1. The Labute approximate surface area is 103 Å². The van der Waals surface area contributed by atoms with E-state index >= 15 is 0 Å². The number of nitrogens with one attached hydrogen (secondary N) is 1. The number of hydrogen-bond donors (Lipinski definition) is 1. The van der Waals surface area contributed by atoms with Gasteiger partial charge in [0.25, 0.3) is 5.91 Å². The fraction of sp³-hybridized carbons (Fsp3) is 0.167. The molecule has 6 heteroatoms. The van der Waals surface area contributed by atoms with E-state index in [0.29, 0.717) is 17.3 Å². The van der Waals surface area contributed by atoms with Crippen LogP contribution in [-0.2, 0) is 4.79 Å². The van der Waals surface area contributed by atoms with E-state index in [0.717, 1.165) is 0 Å².